The molecule has 1 fully saturated rings. The Labute approximate surface area is 103 Å². The van der Waals surface area contributed by atoms with Crippen molar-refractivity contribution >= 4 is 5.91 Å². The van der Waals surface area contributed by atoms with Gasteiger partial charge in [0.05, 0.1) is 0 Å². The molecule has 1 aliphatic heterocycles. The van der Waals surface area contributed by atoms with Gasteiger partial charge in [0.15, 0.2) is 0 Å². The second-order valence-electron chi connectivity index (χ2n) is 4.66. The summed E-state index contributed by atoms with van der Waals surface area (Å²) < 4.78 is 0. The van der Waals surface area contributed by atoms with Gasteiger partial charge < -0.3 is 4.90 Å². The molecule has 0 bridgehead atoms. The van der Waals surface area contributed by atoms with Crippen molar-refractivity contribution in [1.82, 2.24) is 9.88 Å². The lowest BCUT2D eigenvalue weighted by molar-refractivity contribution is -0.132. The monoisotopic (exact) mass is 232 g/mol. The molecule has 0 N–H and O–H groups in total. The highest BCUT2D eigenvalue weighted by atomic mass is 16.2. The minimum absolute atomic E-state index is 0.312. The maximum absolute atomic E-state index is 11.8. The van der Waals surface area contributed by atoms with E-state index in [1.165, 1.54) is 5.69 Å². The lowest BCUT2D eigenvalue weighted by Gasteiger charge is -2.31. The van der Waals surface area contributed by atoms with Crippen molar-refractivity contribution in [3.05, 3.63) is 30.1 Å². The average Bonchev–Trinajstić information content (AvgIpc) is 2.40. The standard InChI is InChI=1S/C14H20N2O/c1-2-5-14(17)16-10-7-12(8-11-16)13-6-3-4-9-15-13/h3-4,6,9,12H,2,5,7-8,10-11H2,1H3. The molecule has 0 saturated carbocycles. The second-order valence-corrected chi connectivity index (χ2v) is 4.66. The zero-order chi connectivity index (χ0) is 12.1. The molecule has 1 aromatic heterocycles. The summed E-state index contributed by atoms with van der Waals surface area (Å²) in [5.74, 6) is 0.842. The zero-order valence-electron chi connectivity index (χ0n) is 10.4. The van der Waals surface area contributed by atoms with E-state index in [9.17, 15) is 4.79 Å². The van der Waals surface area contributed by atoms with Gasteiger partial charge in [-0.3, -0.25) is 9.78 Å². The van der Waals surface area contributed by atoms with Gasteiger partial charge in [0, 0.05) is 37.3 Å². The molecule has 1 aromatic rings. The van der Waals surface area contributed by atoms with Crippen molar-refractivity contribution < 1.29 is 4.79 Å². The minimum Gasteiger partial charge on any atom is -0.343 e. The Hall–Kier alpha value is -1.38. The fourth-order valence-corrected chi connectivity index (χ4v) is 2.41. The number of hydrogen-bond acceptors (Lipinski definition) is 2. The molecular formula is C14H20N2O. The molecule has 92 valence electrons. The van der Waals surface area contributed by atoms with E-state index in [2.05, 4.69) is 18.0 Å². The van der Waals surface area contributed by atoms with Gasteiger partial charge in [-0.05, 0) is 31.4 Å². The van der Waals surface area contributed by atoms with Crippen molar-refractivity contribution in [2.75, 3.05) is 13.1 Å². The van der Waals surface area contributed by atoms with E-state index in [-0.39, 0.29) is 0 Å². The number of pyridine rings is 1. The summed E-state index contributed by atoms with van der Waals surface area (Å²) in [5, 5.41) is 0. The molecule has 2 heterocycles. The molecule has 1 aliphatic rings. The van der Waals surface area contributed by atoms with E-state index in [0.29, 0.717) is 18.2 Å². The van der Waals surface area contributed by atoms with Gasteiger partial charge in [-0.1, -0.05) is 13.0 Å². The average molecular weight is 232 g/mol. The maximum atomic E-state index is 11.8. The summed E-state index contributed by atoms with van der Waals surface area (Å²) in [6, 6.07) is 6.08. The van der Waals surface area contributed by atoms with Crippen molar-refractivity contribution in [1.29, 1.82) is 0 Å². The van der Waals surface area contributed by atoms with E-state index < -0.39 is 0 Å². The van der Waals surface area contributed by atoms with Crippen molar-refractivity contribution in [2.24, 2.45) is 0 Å². The first-order valence-electron chi connectivity index (χ1n) is 6.50. The molecule has 0 spiro atoms. The first kappa shape index (κ1) is 12.1. The number of piperidine rings is 1. The van der Waals surface area contributed by atoms with Crippen molar-refractivity contribution in [2.45, 2.75) is 38.5 Å². The molecule has 3 nitrogen and oxygen atoms in total. The summed E-state index contributed by atoms with van der Waals surface area (Å²) >= 11 is 0. The van der Waals surface area contributed by atoms with Crippen LogP contribution in [0.5, 0.6) is 0 Å². The highest BCUT2D eigenvalue weighted by Gasteiger charge is 2.23. The van der Waals surface area contributed by atoms with E-state index in [0.717, 1.165) is 32.4 Å². The predicted molar refractivity (Wildman–Crippen MR) is 67.7 cm³/mol. The van der Waals surface area contributed by atoms with Crippen molar-refractivity contribution in [3.63, 3.8) is 0 Å². The highest BCUT2D eigenvalue weighted by Crippen LogP contribution is 2.26. The lowest BCUT2D eigenvalue weighted by Crippen LogP contribution is -2.37. The molecule has 0 atom stereocenters. The summed E-state index contributed by atoms with van der Waals surface area (Å²) in [6.45, 7) is 3.83. The van der Waals surface area contributed by atoms with Gasteiger partial charge in [-0.2, -0.15) is 0 Å². The third-order valence-electron chi connectivity index (χ3n) is 3.42. The summed E-state index contributed by atoms with van der Waals surface area (Å²) in [6.07, 6.45) is 5.58. The molecule has 1 amide bonds. The summed E-state index contributed by atoms with van der Waals surface area (Å²) in [5.41, 5.74) is 1.18. The topological polar surface area (TPSA) is 33.2 Å². The Morgan fingerprint density at radius 1 is 1.41 bits per heavy atom. The van der Waals surface area contributed by atoms with E-state index in [1.54, 1.807) is 0 Å². The normalized spacial score (nSPS) is 17.1. The third kappa shape index (κ3) is 3.05. The largest absolute Gasteiger partial charge is 0.343 e. The van der Waals surface area contributed by atoms with Crippen LogP contribution in [0, 0.1) is 0 Å². The van der Waals surface area contributed by atoms with E-state index in [4.69, 9.17) is 0 Å². The van der Waals surface area contributed by atoms with Gasteiger partial charge in [0.1, 0.15) is 0 Å². The summed E-state index contributed by atoms with van der Waals surface area (Å²) in [7, 11) is 0. The molecule has 0 radical (unpaired) electrons. The third-order valence-corrected chi connectivity index (χ3v) is 3.42. The van der Waals surface area contributed by atoms with Crippen LogP contribution in [0.2, 0.25) is 0 Å². The number of carbonyl (C=O) groups is 1. The number of carbonyl (C=O) groups excluding carboxylic acids is 1. The number of nitrogens with zero attached hydrogens (tertiary/aromatic N) is 2. The van der Waals surface area contributed by atoms with Crippen LogP contribution in [-0.4, -0.2) is 28.9 Å². The van der Waals surface area contributed by atoms with Crippen LogP contribution in [0.1, 0.15) is 44.2 Å². The molecule has 17 heavy (non-hydrogen) atoms. The molecule has 0 unspecified atom stereocenters. The fourth-order valence-electron chi connectivity index (χ4n) is 2.41. The minimum atomic E-state index is 0.312. The SMILES string of the molecule is CCCC(=O)N1CCC(c2ccccn2)CC1. The Morgan fingerprint density at radius 3 is 2.76 bits per heavy atom. The van der Waals surface area contributed by atoms with Gasteiger partial charge in [-0.25, -0.2) is 0 Å². The number of hydrogen-bond donors (Lipinski definition) is 0. The van der Waals surface area contributed by atoms with Gasteiger partial charge in [0.25, 0.3) is 0 Å². The smallest absolute Gasteiger partial charge is 0.222 e. The first-order valence-corrected chi connectivity index (χ1v) is 6.50. The van der Waals surface area contributed by atoms with Crippen LogP contribution in [0.15, 0.2) is 24.4 Å². The van der Waals surface area contributed by atoms with Crippen molar-refractivity contribution in [3.8, 4) is 0 Å². The first-order chi connectivity index (χ1) is 8.31. The molecular weight excluding hydrogens is 212 g/mol. The Balaban J connectivity index is 1.88. The molecule has 1 saturated heterocycles. The molecule has 0 aromatic carbocycles. The Bertz CT molecular complexity index is 356. The summed E-state index contributed by atoms with van der Waals surface area (Å²) in [4.78, 5) is 18.2. The van der Waals surface area contributed by atoms with Gasteiger partial charge >= 0.3 is 0 Å². The fraction of sp³-hybridized carbons (Fsp3) is 0.571. The van der Waals surface area contributed by atoms with E-state index in [1.807, 2.05) is 23.2 Å². The van der Waals surface area contributed by atoms with Crippen LogP contribution in [-0.2, 0) is 4.79 Å². The van der Waals surface area contributed by atoms with Crippen LogP contribution < -0.4 is 0 Å². The predicted octanol–water partition coefficient (Wildman–Crippen LogP) is 2.59. The van der Waals surface area contributed by atoms with Gasteiger partial charge in [-0.15, -0.1) is 0 Å². The van der Waals surface area contributed by atoms with Crippen LogP contribution in [0.3, 0.4) is 0 Å². The number of aromatic nitrogens is 1. The zero-order valence-corrected chi connectivity index (χ0v) is 10.4. The maximum Gasteiger partial charge on any atom is 0.222 e. The van der Waals surface area contributed by atoms with Crippen LogP contribution in [0.4, 0.5) is 0 Å². The molecule has 0 aliphatic carbocycles. The van der Waals surface area contributed by atoms with Gasteiger partial charge in [0.2, 0.25) is 5.91 Å². The Kier molecular flexibility index (Phi) is 4.13. The highest BCUT2D eigenvalue weighted by molar-refractivity contribution is 5.76. The number of likely N-dealkylation sites (tertiary alicyclic amines) is 1. The van der Waals surface area contributed by atoms with Crippen LogP contribution in [0.25, 0.3) is 0 Å². The Morgan fingerprint density at radius 2 is 2.18 bits per heavy atom. The lowest BCUT2D eigenvalue weighted by atomic mass is 9.93. The number of amides is 1. The van der Waals surface area contributed by atoms with Crippen LogP contribution >= 0.6 is 0 Å². The molecule has 3 heteroatoms. The number of rotatable bonds is 3. The second kappa shape index (κ2) is 5.80. The quantitative estimate of drug-likeness (QED) is 0.802. The van der Waals surface area contributed by atoms with E-state index >= 15 is 0 Å². The molecule has 2 rings (SSSR count).